The van der Waals surface area contributed by atoms with E-state index in [0.717, 1.165) is 44.7 Å². The van der Waals surface area contributed by atoms with E-state index < -0.39 is 0 Å². The number of H-pyrrole nitrogens is 1. The molecule has 0 amide bonds. The lowest BCUT2D eigenvalue weighted by atomic mass is 10.0. The Balaban J connectivity index is 1.13. The smallest absolute Gasteiger partial charge is 0.162 e. The van der Waals surface area contributed by atoms with Crippen molar-refractivity contribution in [1.29, 1.82) is 0 Å². The highest BCUT2D eigenvalue weighted by Gasteiger charge is 2.20. The van der Waals surface area contributed by atoms with Crippen LogP contribution in [0.4, 0.5) is 0 Å². The van der Waals surface area contributed by atoms with Crippen molar-refractivity contribution in [2.75, 3.05) is 0 Å². The van der Waals surface area contributed by atoms with Crippen LogP contribution in [0.1, 0.15) is 0 Å². The lowest BCUT2D eigenvalue weighted by Crippen LogP contribution is -2.02. The van der Waals surface area contributed by atoms with Gasteiger partial charge >= 0.3 is 0 Å². The van der Waals surface area contributed by atoms with Crippen molar-refractivity contribution in [2.24, 2.45) is 0 Å². The summed E-state index contributed by atoms with van der Waals surface area (Å²) in [5.74, 6) is 1.52. The molecule has 51 heavy (non-hydrogen) atoms. The van der Waals surface area contributed by atoms with Gasteiger partial charge in [-0.25, -0.2) is 9.97 Å². The zero-order chi connectivity index (χ0) is 33.5. The Morgan fingerprint density at radius 3 is 2.08 bits per heavy atom. The lowest BCUT2D eigenvalue weighted by molar-refractivity contribution is 1.05. The average Bonchev–Trinajstić information content (AvgIpc) is 3.88. The summed E-state index contributed by atoms with van der Waals surface area (Å²) in [6.07, 6.45) is 0. The number of hydrogen-bond donors (Lipinski definition) is 1. The van der Waals surface area contributed by atoms with Crippen molar-refractivity contribution in [1.82, 2.24) is 19.5 Å². The van der Waals surface area contributed by atoms with Crippen LogP contribution in [0.25, 0.3) is 103 Å². The summed E-state index contributed by atoms with van der Waals surface area (Å²) in [6.45, 7) is 0. The molecule has 11 rings (SSSR count). The third-order valence-corrected chi connectivity index (χ3v) is 11.4. The third kappa shape index (κ3) is 4.32. The van der Waals surface area contributed by atoms with Gasteiger partial charge in [0, 0.05) is 64.4 Å². The van der Waals surface area contributed by atoms with Gasteiger partial charge in [-0.3, -0.25) is 4.57 Å². The molecular formula is C46H28N4S. The number of aromatic amines is 1. The molecule has 4 aromatic heterocycles. The van der Waals surface area contributed by atoms with Crippen molar-refractivity contribution >= 4 is 75.1 Å². The summed E-state index contributed by atoms with van der Waals surface area (Å²) in [6, 6.07) is 58.2. The number of rotatable bonds is 4. The minimum atomic E-state index is 0.688. The predicted molar refractivity (Wildman–Crippen MR) is 215 cm³/mol. The van der Waals surface area contributed by atoms with E-state index in [1.807, 2.05) is 17.4 Å². The Morgan fingerprint density at radius 1 is 0.490 bits per heavy atom. The second-order valence-corrected chi connectivity index (χ2v) is 14.1. The maximum Gasteiger partial charge on any atom is 0.162 e. The van der Waals surface area contributed by atoms with E-state index in [9.17, 15) is 0 Å². The number of nitrogens with one attached hydrogen (secondary N) is 1. The van der Waals surface area contributed by atoms with Gasteiger partial charge < -0.3 is 4.98 Å². The molecule has 0 aliphatic heterocycles. The third-order valence-electron chi connectivity index (χ3n) is 10.2. The molecule has 0 bridgehead atoms. The summed E-state index contributed by atoms with van der Waals surface area (Å²) < 4.78 is 4.94. The fourth-order valence-corrected chi connectivity index (χ4v) is 9.05. The van der Waals surface area contributed by atoms with Crippen LogP contribution in [0.5, 0.6) is 0 Å². The molecule has 1 N–H and O–H groups in total. The van der Waals surface area contributed by atoms with E-state index in [-0.39, 0.29) is 0 Å². The van der Waals surface area contributed by atoms with Crippen molar-refractivity contribution in [3.63, 3.8) is 0 Å². The normalized spacial score (nSPS) is 11.9. The van der Waals surface area contributed by atoms with Gasteiger partial charge in [0.25, 0.3) is 0 Å². The number of hydrogen-bond acceptors (Lipinski definition) is 3. The molecule has 0 saturated carbocycles. The molecular weight excluding hydrogens is 641 g/mol. The first-order valence-electron chi connectivity index (χ1n) is 17.2. The Kier molecular flexibility index (Phi) is 6.09. The van der Waals surface area contributed by atoms with Crippen LogP contribution in [-0.4, -0.2) is 19.5 Å². The molecule has 0 radical (unpaired) electrons. The van der Waals surface area contributed by atoms with Gasteiger partial charge in [0.15, 0.2) is 5.82 Å². The monoisotopic (exact) mass is 668 g/mol. The minimum Gasteiger partial charge on any atom is -0.353 e. The van der Waals surface area contributed by atoms with E-state index in [4.69, 9.17) is 9.97 Å². The summed E-state index contributed by atoms with van der Waals surface area (Å²) in [5.41, 5.74) is 9.76. The van der Waals surface area contributed by atoms with E-state index in [0.29, 0.717) is 5.82 Å². The minimum absolute atomic E-state index is 0.688. The number of benzene rings is 7. The number of nitrogens with zero attached hydrogens (tertiary/aromatic N) is 3. The zero-order valence-electron chi connectivity index (χ0n) is 27.3. The summed E-state index contributed by atoms with van der Waals surface area (Å²) in [5, 5.41) is 7.40. The number of fused-ring (bicyclic) bond motifs is 10. The molecule has 0 aliphatic rings. The Labute approximate surface area is 296 Å². The van der Waals surface area contributed by atoms with Gasteiger partial charge in [0.1, 0.15) is 5.82 Å². The Bertz CT molecular complexity index is 3130. The maximum atomic E-state index is 5.35. The highest BCUT2D eigenvalue weighted by molar-refractivity contribution is 7.26. The number of para-hydroxylation sites is 2. The molecule has 0 fully saturated rings. The molecule has 0 unspecified atom stereocenters. The Morgan fingerprint density at radius 2 is 1.20 bits per heavy atom. The van der Waals surface area contributed by atoms with E-state index in [2.05, 4.69) is 167 Å². The molecule has 0 atom stereocenters. The summed E-state index contributed by atoms with van der Waals surface area (Å²) >= 11 is 1.86. The van der Waals surface area contributed by atoms with Crippen LogP contribution in [0.3, 0.4) is 0 Å². The summed E-state index contributed by atoms with van der Waals surface area (Å²) in [4.78, 5) is 14.3. The molecule has 4 nitrogen and oxygen atoms in total. The van der Waals surface area contributed by atoms with Crippen LogP contribution in [-0.2, 0) is 0 Å². The maximum absolute atomic E-state index is 5.35. The summed E-state index contributed by atoms with van der Waals surface area (Å²) in [7, 11) is 0. The van der Waals surface area contributed by atoms with Crippen molar-refractivity contribution in [3.8, 4) is 39.6 Å². The Hall–Kier alpha value is -6.56. The fourth-order valence-electron chi connectivity index (χ4n) is 7.82. The molecule has 5 heteroatoms. The second-order valence-electron chi connectivity index (χ2n) is 13.1. The first-order chi connectivity index (χ1) is 25.3. The first-order valence-corrected chi connectivity index (χ1v) is 18.0. The topological polar surface area (TPSA) is 46.5 Å². The molecule has 0 saturated heterocycles. The van der Waals surface area contributed by atoms with E-state index in [1.54, 1.807) is 0 Å². The van der Waals surface area contributed by atoms with Crippen LogP contribution in [0, 0.1) is 0 Å². The first kappa shape index (κ1) is 28.3. The van der Waals surface area contributed by atoms with Gasteiger partial charge in [-0.2, -0.15) is 0 Å². The fraction of sp³-hybridized carbons (Fsp3) is 0. The highest BCUT2D eigenvalue weighted by atomic mass is 32.1. The largest absolute Gasteiger partial charge is 0.353 e. The lowest BCUT2D eigenvalue weighted by Gasteiger charge is -2.13. The average molecular weight is 669 g/mol. The van der Waals surface area contributed by atoms with Crippen LogP contribution < -0.4 is 0 Å². The van der Waals surface area contributed by atoms with Crippen molar-refractivity contribution < 1.29 is 0 Å². The SMILES string of the molecule is c1ccc(-c2cc(-n3c4ccccc4c4ccc5c6ccccc6[nH]c5c43)nc(-c3ccc(-c4cccc5c4sc4ccccc45)cc3)n2)cc1. The second kappa shape index (κ2) is 11.0. The standard InChI is InChI=1S/C46H28N4S/c1-2-11-29(12-3-1)39-27-42(50-40-19-8-5-14-33(40)36-26-25-35-32-13-4-7-18-38(32)47-43(35)44(36)50)49-46(48-39)30-23-21-28(22-24-30)31-16-10-17-37-34-15-6-9-20-41(34)51-45(31)37/h1-27,47H. The molecule has 4 heterocycles. The molecule has 0 spiro atoms. The molecule has 7 aromatic carbocycles. The number of thiophene rings is 1. The highest BCUT2D eigenvalue weighted by Crippen LogP contribution is 2.41. The van der Waals surface area contributed by atoms with Crippen LogP contribution in [0.15, 0.2) is 164 Å². The van der Waals surface area contributed by atoms with Gasteiger partial charge in [0.2, 0.25) is 0 Å². The van der Waals surface area contributed by atoms with Gasteiger partial charge in [-0.1, -0.05) is 140 Å². The van der Waals surface area contributed by atoms with Gasteiger partial charge in [-0.05, 0) is 29.3 Å². The van der Waals surface area contributed by atoms with E-state index >= 15 is 0 Å². The molecule has 0 aliphatic carbocycles. The van der Waals surface area contributed by atoms with Crippen LogP contribution >= 0.6 is 11.3 Å². The van der Waals surface area contributed by atoms with Crippen molar-refractivity contribution in [2.45, 2.75) is 0 Å². The predicted octanol–water partition coefficient (Wildman–Crippen LogP) is 12.6. The zero-order valence-corrected chi connectivity index (χ0v) is 28.2. The molecule has 11 aromatic rings. The molecule has 238 valence electrons. The number of aromatic nitrogens is 4. The van der Waals surface area contributed by atoms with E-state index in [1.165, 1.54) is 52.8 Å². The van der Waals surface area contributed by atoms with Gasteiger partial charge in [-0.15, -0.1) is 11.3 Å². The quantitative estimate of drug-likeness (QED) is 0.203. The van der Waals surface area contributed by atoms with Crippen LogP contribution in [0.2, 0.25) is 0 Å². The van der Waals surface area contributed by atoms with Crippen molar-refractivity contribution in [3.05, 3.63) is 164 Å². The van der Waals surface area contributed by atoms with Gasteiger partial charge in [0.05, 0.1) is 22.2 Å².